The van der Waals surface area contributed by atoms with Crippen LogP contribution in [0.5, 0.6) is 11.5 Å². The average molecular weight is 347 g/mol. The summed E-state index contributed by atoms with van der Waals surface area (Å²) in [7, 11) is 2.13. The van der Waals surface area contributed by atoms with Gasteiger partial charge in [-0.05, 0) is 37.2 Å². The van der Waals surface area contributed by atoms with Gasteiger partial charge in [0, 0.05) is 37.8 Å². The molecule has 2 aliphatic rings. The van der Waals surface area contributed by atoms with Crippen LogP contribution in [0.3, 0.4) is 0 Å². The van der Waals surface area contributed by atoms with Gasteiger partial charge < -0.3 is 9.64 Å². The maximum Gasteiger partial charge on any atom is 0.151 e. The highest BCUT2D eigenvalue weighted by Gasteiger charge is 2.31. The molecule has 0 spiro atoms. The maximum atomic E-state index is 14.1. The molecule has 4 rings (SSSR count). The Hall–Kier alpha value is -1.62. The van der Waals surface area contributed by atoms with Crippen LogP contribution < -0.4 is 4.74 Å². The van der Waals surface area contributed by atoms with Crippen LogP contribution in [0, 0.1) is 5.82 Å². The Balaban J connectivity index is 1.80. The number of fused-ring (bicyclic) bond motifs is 2. The molecule has 5 heteroatoms. The molecule has 0 amide bonds. The summed E-state index contributed by atoms with van der Waals surface area (Å²) in [4.78, 5) is 4.73. The van der Waals surface area contributed by atoms with Gasteiger partial charge in [-0.2, -0.15) is 0 Å². The molecule has 24 heavy (non-hydrogen) atoms. The molecule has 1 atom stereocenters. The van der Waals surface area contributed by atoms with E-state index in [1.165, 1.54) is 6.07 Å². The highest BCUT2D eigenvalue weighted by Crippen LogP contribution is 2.44. The van der Waals surface area contributed by atoms with Gasteiger partial charge in [0.1, 0.15) is 11.6 Å². The molecule has 0 N–H and O–H groups in total. The Morgan fingerprint density at radius 2 is 1.88 bits per heavy atom. The van der Waals surface area contributed by atoms with E-state index >= 15 is 0 Å². The number of halogens is 2. The molecule has 2 aromatic rings. The van der Waals surface area contributed by atoms with Gasteiger partial charge in [-0.1, -0.05) is 29.8 Å². The molecule has 1 fully saturated rings. The third kappa shape index (κ3) is 2.90. The number of para-hydroxylation sites is 1. The molecule has 0 aromatic heterocycles. The van der Waals surface area contributed by atoms with Crippen LogP contribution in [-0.2, 0) is 6.42 Å². The second-order valence-electron chi connectivity index (χ2n) is 6.57. The van der Waals surface area contributed by atoms with Crippen LogP contribution in [0.2, 0.25) is 5.02 Å². The molecule has 0 bridgehead atoms. The van der Waals surface area contributed by atoms with E-state index in [9.17, 15) is 4.39 Å². The lowest BCUT2D eigenvalue weighted by molar-refractivity contribution is 0.111. The second-order valence-corrected chi connectivity index (χ2v) is 6.98. The zero-order chi connectivity index (χ0) is 16.7. The number of hydrogen-bond acceptors (Lipinski definition) is 3. The number of nitrogens with zero attached hydrogens (tertiary/aromatic N) is 2. The van der Waals surface area contributed by atoms with Crippen molar-refractivity contribution in [2.24, 2.45) is 0 Å². The van der Waals surface area contributed by atoms with Crippen molar-refractivity contribution in [1.82, 2.24) is 9.80 Å². The van der Waals surface area contributed by atoms with E-state index in [-0.39, 0.29) is 11.9 Å². The molecule has 1 unspecified atom stereocenters. The third-order valence-electron chi connectivity index (χ3n) is 4.97. The van der Waals surface area contributed by atoms with E-state index in [1.807, 2.05) is 18.2 Å². The molecule has 2 aliphatic heterocycles. The summed E-state index contributed by atoms with van der Waals surface area (Å²) in [6.45, 7) is 3.93. The van der Waals surface area contributed by atoms with Crippen molar-refractivity contribution in [2.75, 3.05) is 33.2 Å². The summed E-state index contributed by atoms with van der Waals surface area (Å²) >= 11 is 6.32. The lowest BCUT2D eigenvalue weighted by Gasteiger charge is -2.38. The molecular weight excluding hydrogens is 327 g/mol. The first kappa shape index (κ1) is 15.9. The Morgan fingerprint density at radius 3 is 2.67 bits per heavy atom. The van der Waals surface area contributed by atoms with Crippen LogP contribution in [0.25, 0.3) is 0 Å². The van der Waals surface area contributed by atoms with E-state index in [0.29, 0.717) is 10.8 Å². The van der Waals surface area contributed by atoms with E-state index in [1.54, 1.807) is 6.07 Å². The Labute approximate surface area is 146 Å². The number of ether oxygens (including phenoxy) is 1. The van der Waals surface area contributed by atoms with Crippen molar-refractivity contribution >= 4 is 11.6 Å². The fraction of sp³-hybridized carbons (Fsp3) is 0.368. The number of benzene rings is 2. The second kappa shape index (κ2) is 6.36. The van der Waals surface area contributed by atoms with Crippen LogP contribution in [-0.4, -0.2) is 43.0 Å². The number of rotatable bonds is 1. The topological polar surface area (TPSA) is 15.7 Å². The van der Waals surface area contributed by atoms with Crippen molar-refractivity contribution in [3.05, 3.63) is 58.4 Å². The van der Waals surface area contributed by atoms with Gasteiger partial charge in [0.2, 0.25) is 0 Å². The Kier molecular flexibility index (Phi) is 4.21. The van der Waals surface area contributed by atoms with Gasteiger partial charge in [0.05, 0.1) is 5.02 Å². The van der Waals surface area contributed by atoms with Crippen molar-refractivity contribution < 1.29 is 9.13 Å². The Bertz CT molecular complexity index is 759. The summed E-state index contributed by atoms with van der Waals surface area (Å²) in [5.41, 5.74) is 1.98. The normalized spacial score (nSPS) is 21.5. The standard InChI is InChI=1S/C19H20ClFN2O/c1-22-6-8-23(9-7-22)17-10-13-4-2-3-5-18(13)24-19-15(17)11-14(21)12-16(19)20/h2-5,11-12,17H,6-10H2,1H3. The minimum atomic E-state index is -0.313. The third-order valence-corrected chi connectivity index (χ3v) is 5.25. The van der Waals surface area contributed by atoms with E-state index in [2.05, 4.69) is 22.9 Å². The first-order valence-electron chi connectivity index (χ1n) is 8.29. The van der Waals surface area contributed by atoms with Crippen molar-refractivity contribution in [1.29, 1.82) is 0 Å². The minimum Gasteiger partial charge on any atom is -0.455 e. The molecule has 126 valence electrons. The van der Waals surface area contributed by atoms with Gasteiger partial charge in [0.25, 0.3) is 0 Å². The van der Waals surface area contributed by atoms with E-state index in [4.69, 9.17) is 16.3 Å². The summed E-state index contributed by atoms with van der Waals surface area (Å²) < 4.78 is 20.1. The first-order valence-corrected chi connectivity index (χ1v) is 8.67. The first-order chi connectivity index (χ1) is 11.6. The lowest BCUT2D eigenvalue weighted by Crippen LogP contribution is -2.46. The molecule has 3 nitrogen and oxygen atoms in total. The highest BCUT2D eigenvalue weighted by atomic mass is 35.5. The van der Waals surface area contributed by atoms with Gasteiger partial charge >= 0.3 is 0 Å². The molecule has 0 saturated carbocycles. The van der Waals surface area contributed by atoms with Crippen molar-refractivity contribution in [3.63, 3.8) is 0 Å². The smallest absolute Gasteiger partial charge is 0.151 e. The van der Waals surface area contributed by atoms with Crippen LogP contribution in [0.15, 0.2) is 36.4 Å². The van der Waals surface area contributed by atoms with Crippen molar-refractivity contribution in [2.45, 2.75) is 12.5 Å². The van der Waals surface area contributed by atoms with Gasteiger partial charge in [-0.15, -0.1) is 0 Å². The van der Waals surface area contributed by atoms with Gasteiger partial charge in [-0.3, -0.25) is 4.90 Å². The molecular formula is C19H20ClFN2O. The monoisotopic (exact) mass is 346 g/mol. The summed E-state index contributed by atoms with van der Waals surface area (Å²) in [5.74, 6) is 1.09. The van der Waals surface area contributed by atoms with Crippen LogP contribution >= 0.6 is 11.6 Å². The van der Waals surface area contributed by atoms with Crippen LogP contribution in [0.4, 0.5) is 4.39 Å². The van der Waals surface area contributed by atoms with Gasteiger partial charge in [-0.25, -0.2) is 4.39 Å². The lowest BCUT2D eigenvalue weighted by atomic mass is 9.96. The summed E-state index contributed by atoms with van der Waals surface area (Å²) in [5, 5.41) is 0.334. The van der Waals surface area contributed by atoms with E-state index in [0.717, 1.165) is 49.5 Å². The summed E-state index contributed by atoms with van der Waals surface area (Å²) in [6, 6.07) is 11.0. The summed E-state index contributed by atoms with van der Waals surface area (Å²) in [6.07, 6.45) is 0.798. The predicted octanol–water partition coefficient (Wildman–Crippen LogP) is 4.12. The fourth-order valence-corrected chi connectivity index (χ4v) is 3.85. The zero-order valence-electron chi connectivity index (χ0n) is 13.6. The molecule has 0 radical (unpaired) electrons. The Morgan fingerprint density at radius 1 is 1.12 bits per heavy atom. The largest absolute Gasteiger partial charge is 0.455 e. The average Bonchev–Trinajstić information content (AvgIpc) is 2.73. The molecule has 2 heterocycles. The SMILES string of the molecule is CN1CCN(C2Cc3ccccc3Oc3c(Cl)cc(F)cc32)CC1. The molecule has 2 aromatic carbocycles. The zero-order valence-corrected chi connectivity index (χ0v) is 14.4. The molecule has 1 saturated heterocycles. The quantitative estimate of drug-likeness (QED) is 0.772. The van der Waals surface area contributed by atoms with Gasteiger partial charge in [0.15, 0.2) is 5.75 Å². The highest BCUT2D eigenvalue weighted by molar-refractivity contribution is 6.32. The predicted molar refractivity (Wildman–Crippen MR) is 93.4 cm³/mol. The van der Waals surface area contributed by atoms with Crippen LogP contribution in [0.1, 0.15) is 17.2 Å². The fourth-order valence-electron chi connectivity index (χ4n) is 3.60. The minimum absolute atomic E-state index is 0.0746. The number of hydrogen-bond donors (Lipinski definition) is 0. The maximum absolute atomic E-state index is 14.1. The van der Waals surface area contributed by atoms with E-state index < -0.39 is 0 Å². The molecule has 0 aliphatic carbocycles. The number of likely N-dealkylation sites (N-methyl/N-ethyl adjacent to an activating group) is 1. The van der Waals surface area contributed by atoms with Crippen molar-refractivity contribution in [3.8, 4) is 11.5 Å². The number of piperazine rings is 1.